The van der Waals surface area contributed by atoms with E-state index in [1.54, 1.807) is 0 Å². The first-order chi connectivity index (χ1) is 6.48. The average Bonchev–Trinajstić information content (AvgIpc) is 2.10. The van der Waals surface area contributed by atoms with Gasteiger partial charge < -0.3 is 9.47 Å². The highest BCUT2D eigenvalue weighted by atomic mass is 16.5. The highest BCUT2D eigenvalue weighted by Crippen LogP contribution is 2.13. The Labute approximate surface area is 89.0 Å². The monoisotopic (exact) mass is 202 g/mol. The van der Waals surface area contributed by atoms with Crippen molar-refractivity contribution in [1.29, 1.82) is 0 Å². The largest absolute Gasteiger partial charge is 0.381 e. The predicted octanol–water partition coefficient (Wildman–Crippen LogP) is 3.25. The van der Waals surface area contributed by atoms with Crippen molar-refractivity contribution in [2.45, 2.75) is 53.1 Å². The maximum Gasteiger partial charge on any atom is 0.0623 e. The Kier molecular flexibility index (Phi) is 7.20. The average molecular weight is 202 g/mol. The lowest BCUT2D eigenvalue weighted by Crippen LogP contribution is -2.24. The molecule has 0 atom stereocenters. The second kappa shape index (κ2) is 7.24. The van der Waals surface area contributed by atoms with Gasteiger partial charge in [0.1, 0.15) is 0 Å². The minimum absolute atomic E-state index is 0.0258. The van der Waals surface area contributed by atoms with Crippen LogP contribution in [0, 0.1) is 5.92 Å². The minimum atomic E-state index is 0.0258. The van der Waals surface area contributed by atoms with E-state index in [0.29, 0.717) is 5.92 Å². The Hall–Kier alpha value is -0.0800. The molecule has 0 aromatic rings. The fraction of sp³-hybridized carbons (Fsp3) is 1.00. The Morgan fingerprint density at radius 2 is 1.79 bits per heavy atom. The summed E-state index contributed by atoms with van der Waals surface area (Å²) >= 11 is 0. The Bertz CT molecular complexity index is 130. The van der Waals surface area contributed by atoms with Crippen molar-refractivity contribution in [2.24, 2.45) is 5.92 Å². The minimum Gasteiger partial charge on any atom is -0.381 e. The molecule has 0 N–H and O–H groups in total. The van der Waals surface area contributed by atoms with Crippen LogP contribution >= 0.6 is 0 Å². The number of hydrogen-bond donors (Lipinski definition) is 0. The Morgan fingerprint density at radius 1 is 1.14 bits per heavy atom. The lowest BCUT2D eigenvalue weighted by atomic mass is 10.1. The molecule has 0 saturated heterocycles. The van der Waals surface area contributed by atoms with Crippen LogP contribution in [0.25, 0.3) is 0 Å². The van der Waals surface area contributed by atoms with Gasteiger partial charge in [0.25, 0.3) is 0 Å². The fourth-order valence-corrected chi connectivity index (χ4v) is 0.931. The van der Waals surface area contributed by atoms with Gasteiger partial charge in [-0.2, -0.15) is 0 Å². The molecule has 0 spiro atoms. The summed E-state index contributed by atoms with van der Waals surface area (Å²) in [5.74, 6) is 0.628. The molecule has 0 heterocycles. The van der Waals surface area contributed by atoms with E-state index in [9.17, 15) is 0 Å². The molecule has 2 nitrogen and oxygen atoms in total. The summed E-state index contributed by atoms with van der Waals surface area (Å²) in [5.41, 5.74) is 0.0258. The maximum atomic E-state index is 5.71. The van der Waals surface area contributed by atoms with E-state index in [1.807, 2.05) is 0 Å². The van der Waals surface area contributed by atoms with Crippen LogP contribution < -0.4 is 0 Å². The highest BCUT2D eigenvalue weighted by molar-refractivity contribution is 4.64. The molecule has 0 fully saturated rings. The molecule has 0 saturated carbocycles. The lowest BCUT2D eigenvalue weighted by molar-refractivity contribution is -0.0301. The van der Waals surface area contributed by atoms with Crippen molar-refractivity contribution >= 4 is 0 Å². The van der Waals surface area contributed by atoms with Crippen LogP contribution in [0.1, 0.15) is 47.5 Å². The quantitative estimate of drug-likeness (QED) is 0.562. The summed E-state index contributed by atoms with van der Waals surface area (Å²) < 4.78 is 11.2. The Balaban J connectivity index is 3.21. The zero-order valence-electron chi connectivity index (χ0n) is 10.4. The zero-order chi connectivity index (χ0) is 11.0. The van der Waals surface area contributed by atoms with Gasteiger partial charge in [0.2, 0.25) is 0 Å². The SMILES string of the molecule is CCC(C)(C)OCCCOCC(C)C. The van der Waals surface area contributed by atoms with Crippen LogP contribution in [0.3, 0.4) is 0 Å². The molecule has 14 heavy (non-hydrogen) atoms. The number of rotatable bonds is 8. The summed E-state index contributed by atoms with van der Waals surface area (Å²) in [6.45, 7) is 13.2. The van der Waals surface area contributed by atoms with Gasteiger partial charge in [0.05, 0.1) is 5.60 Å². The van der Waals surface area contributed by atoms with Crippen molar-refractivity contribution in [1.82, 2.24) is 0 Å². The molecule has 0 amide bonds. The molecule has 0 radical (unpaired) electrons. The van der Waals surface area contributed by atoms with Crippen molar-refractivity contribution < 1.29 is 9.47 Å². The standard InChI is InChI=1S/C12H26O2/c1-6-12(4,5)14-9-7-8-13-10-11(2)3/h11H,6-10H2,1-5H3. The van der Waals surface area contributed by atoms with Gasteiger partial charge in [-0.3, -0.25) is 0 Å². The van der Waals surface area contributed by atoms with Gasteiger partial charge >= 0.3 is 0 Å². The second-order valence-corrected chi connectivity index (χ2v) is 4.78. The Morgan fingerprint density at radius 3 is 2.29 bits per heavy atom. The van der Waals surface area contributed by atoms with Crippen molar-refractivity contribution in [2.75, 3.05) is 19.8 Å². The molecule has 0 aromatic heterocycles. The third-order valence-corrected chi connectivity index (χ3v) is 2.23. The van der Waals surface area contributed by atoms with Crippen molar-refractivity contribution in [3.63, 3.8) is 0 Å². The molecule has 0 aliphatic heterocycles. The zero-order valence-corrected chi connectivity index (χ0v) is 10.4. The van der Waals surface area contributed by atoms with Crippen LogP contribution in [-0.4, -0.2) is 25.4 Å². The molecule has 0 bridgehead atoms. The molecule has 0 aliphatic carbocycles. The van der Waals surface area contributed by atoms with E-state index in [2.05, 4.69) is 34.6 Å². The lowest BCUT2D eigenvalue weighted by Gasteiger charge is -2.23. The van der Waals surface area contributed by atoms with Crippen LogP contribution in [0.4, 0.5) is 0 Å². The summed E-state index contributed by atoms with van der Waals surface area (Å²) in [6.07, 6.45) is 2.05. The van der Waals surface area contributed by atoms with Gasteiger partial charge in [0.15, 0.2) is 0 Å². The normalized spacial score (nSPS) is 12.4. The van der Waals surface area contributed by atoms with E-state index in [0.717, 1.165) is 32.7 Å². The van der Waals surface area contributed by atoms with E-state index in [4.69, 9.17) is 9.47 Å². The highest BCUT2D eigenvalue weighted by Gasteiger charge is 2.14. The molecule has 86 valence electrons. The van der Waals surface area contributed by atoms with Gasteiger partial charge in [-0.05, 0) is 32.6 Å². The first-order valence-electron chi connectivity index (χ1n) is 5.69. The molecular weight excluding hydrogens is 176 g/mol. The summed E-state index contributed by atoms with van der Waals surface area (Å²) in [6, 6.07) is 0. The first kappa shape index (κ1) is 13.9. The van der Waals surface area contributed by atoms with Gasteiger partial charge in [-0.25, -0.2) is 0 Å². The molecule has 0 aromatic carbocycles. The maximum absolute atomic E-state index is 5.71. The predicted molar refractivity (Wildman–Crippen MR) is 60.6 cm³/mol. The van der Waals surface area contributed by atoms with E-state index in [-0.39, 0.29) is 5.60 Å². The van der Waals surface area contributed by atoms with Gasteiger partial charge in [0, 0.05) is 19.8 Å². The van der Waals surface area contributed by atoms with Crippen LogP contribution in [-0.2, 0) is 9.47 Å². The topological polar surface area (TPSA) is 18.5 Å². The molecule has 0 unspecified atom stereocenters. The van der Waals surface area contributed by atoms with Gasteiger partial charge in [-0.15, -0.1) is 0 Å². The summed E-state index contributed by atoms with van der Waals surface area (Å²) in [7, 11) is 0. The molecule has 0 aliphatic rings. The third kappa shape index (κ3) is 8.52. The summed E-state index contributed by atoms with van der Waals surface area (Å²) in [4.78, 5) is 0. The van der Waals surface area contributed by atoms with Crippen LogP contribution in [0.15, 0.2) is 0 Å². The van der Waals surface area contributed by atoms with Gasteiger partial charge in [-0.1, -0.05) is 20.8 Å². The van der Waals surface area contributed by atoms with E-state index in [1.165, 1.54) is 0 Å². The molecule has 2 heteroatoms. The molecular formula is C12H26O2. The summed E-state index contributed by atoms with van der Waals surface area (Å²) in [5, 5.41) is 0. The fourth-order valence-electron chi connectivity index (χ4n) is 0.931. The van der Waals surface area contributed by atoms with E-state index >= 15 is 0 Å². The van der Waals surface area contributed by atoms with Crippen molar-refractivity contribution in [3.8, 4) is 0 Å². The van der Waals surface area contributed by atoms with Crippen LogP contribution in [0.5, 0.6) is 0 Å². The second-order valence-electron chi connectivity index (χ2n) is 4.78. The smallest absolute Gasteiger partial charge is 0.0623 e. The van der Waals surface area contributed by atoms with Crippen molar-refractivity contribution in [3.05, 3.63) is 0 Å². The van der Waals surface area contributed by atoms with Crippen LogP contribution in [0.2, 0.25) is 0 Å². The van der Waals surface area contributed by atoms with E-state index < -0.39 is 0 Å². The molecule has 0 rings (SSSR count). The number of ether oxygens (including phenoxy) is 2. The first-order valence-corrected chi connectivity index (χ1v) is 5.69. The third-order valence-electron chi connectivity index (χ3n) is 2.23. The number of hydrogen-bond acceptors (Lipinski definition) is 2.